The van der Waals surface area contributed by atoms with Crippen LogP contribution in [0.3, 0.4) is 0 Å². The number of para-hydroxylation sites is 1. The monoisotopic (exact) mass is 367 g/mol. The maximum absolute atomic E-state index is 13.1. The van der Waals surface area contributed by atoms with Gasteiger partial charge in [-0.25, -0.2) is 17.5 Å². The zero-order chi connectivity index (χ0) is 18.6. The van der Waals surface area contributed by atoms with Gasteiger partial charge in [-0.15, -0.1) is 0 Å². The summed E-state index contributed by atoms with van der Waals surface area (Å²) in [6, 6.07) is 10.5. The molecule has 0 bridgehead atoms. The first-order valence-corrected chi connectivity index (χ1v) is 8.85. The van der Waals surface area contributed by atoms with E-state index in [1.807, 2.05) is 0 Å². The van der Waals surface area contributed by atoms with Gasteiger partial charge in [-0.3, -0.25) is 10.1 Å². The van der Waals surface area contributed by atoms with Gasteiger partial charge in [0.15, 0.2) is 4.90 Å². The molecule has 25 heavy (non-hydrogen) atoms. The van der Waals surface area contributed by atoms with Gasteiger partial charge in [-0.05, 0) is 37.9 Å². The first-order chi connectivity index (χ1) is 11.7. The van der Waals surface area contributed by atoms with Gasteiger partial charge < -0.3 is 4.90 Å². The lowest BCUT2D eigenvalue weighted by molar-refractivity contribution is -0.387. The van der Waals surface area contributed by atoms with Gasteiger partial charge in [0, 0.05) is 18.7 Å². The molecule has 7 nitrogen and oxygen atoms in total. The largest absolute Gasteiger partial charge is 0.301 e. The lowest BCUT2D eigenvalue weighted by Crippen LogP contribution is -2.34. The average Bonchev–Trinajstić information content (AvgIpc) is 2.56. The minimum atomic E-state index is -4.07. The molecule has 1 atom stereocenters. The van der Waals surface area contributed by atoms with Crippen LogP contribution in [0.5, 0.6) is 0 Å². The molecular formula is C16H18FN3O4S. The maximum Gasteiger partial charge on any atom is 0.289 e. The van der Waals surface area contributed by atoms with Crippen LogP contribution in [0.15, 0.2) is 53.4 Å². The SMILES string of the molecule is CN(C)C(CNS(=O)(=O)c1ccccc1[N+](=O)[O-])c1ccc(F)cc1. The number of rotatable bonds is 7. The summed E-state index contributed by atoms with van der Waals surface area (Å²) in [6.07, 6.45) is 0. The standard InChI is InChI=1S/C16H18FN3O4S/c1-19(2)15(12-7-9-13(17)10-8-12)11-18-25(23,24)16-6-4-3-5-14(16)20(21)22/h3-10,15,18H,11H2,1-2H3. The van der Waals surface area contributed by atoms with Crippen molar-refractivity contribution >= 4 is 15.7 Å². The number of nitro benzene ring substituents is 1. The highest BCUT2D eigenvalue weighted by atomic mass is 32.2. The molecule has 0 spiro atoms. The summed E-state index contributed by atoms with van der Waals surface area (Å²) in [5.41, 5.74) is 0.231. The van der Waals surface area contributed by atoms with E-state index < -0.39 is 25.5 Å². The highest BCUT2D eigenvalue weighted by Gasteiger charge is 2.26. The van der Waals surface area contributed by atoms with Crippen molar-refractivity contribution in [3.8, 4) is 0 Å². The summed E-state index contributed by atoms with van der Waals surface area (Å²) in [5, 5.41) is 11.0. The fourth-order valence-corrected chi connectivity index (χ4v) is 3.59. The number of nitro groups is 1. The summed E-state index contributed by atoms with van der Waals surface area (Å²) >= 11 is 0. The number of likely N-dealkylation sites (N-methyl/N-ethyl adjacent to an activating group) is 1. The third kappa shape index (κ3) is 4.59. The third-order valence-corrected chi connectivity index (χ3v) is 5.17. The molecule has 0 heterocycles. The highest BCUT2D eigenvalue weighted by Crippen LogP contribution is 2.24. The molecule has 2 rings (SSSR count). The molecule has 0 aliphatic carbocycles. The number of hydrogen-bond donors (Lipinski definition) is 1. The van der Waals surface area contributed by atoms with Crippen molar-refractivity contribution in [2.24, 2.45) is 0 Å². The Morgan fingerprint density at radius 1 is 1.16 bits per heavy atom. The second-order valence-corrected chi connectivity index (χ2v) is 7.34. The summed E-state index contributed by atoms with van der Waals surface area (Å²) in [4.78, 5) is 11.7. The van der Waals surface area contributed by atoms with Gasteiger partial charge in [0.25, 0.3) is 5.69 Å². The molecule has 9 heteroatoms. The first kappa shape index (κ1) is 19.0. The summed E-state index contributed by atoms with van der Waals surface area (Å²) in [6.45, 7) is -0.0208. The number of sulfonamides is 1. The number of nitrogens with zero attached hydrogens (tertiary/aromatic N) is 2. The molecule has 2 aromatic carbocycles. The summed E-state index contributed by atoms with van der Waals surface area (Å²) in [7, 11) is -0.559. The van der Waals surface area contributed by atoms with Crippen LogP contribution in [0, 0.1) is 15.9 Å². The van der Waals surface area contributed by atoms with Crippen LogP contribution in [0.25, 0.3) is 0 Å². The minimum absolute atomic E-state index is 0.0208. The smallest absolute Gasteiger partial charge is 0.289 e. The fourth-order valence-electron chi connectivity index (χ4n) is 2.39. The van der Waals surface area contributed by atoms with Crippen molar-refractivity contribution in [3.63, 3.8) is 0 Å². The van der Waals surface area contributed by atoms with Crippen LogP contribution in [-0.4, -0.2) is 38.9 Å². The van der Waals surface area contributed by atoms with Gasteiger partial charge in [-0.1, -0.05) is 24.3 Å². The molecule has 0 saturated carbocycles. The van der Waals surface area contributed by atoms with E-state index in [1.54, 1.807) is 31.1 Å². The van der Waals surface area contributed by atoms with E-state index in [0.717, 1.165) is 11.6 Å². The Bertz CT molecular complexity index is 854. The van der Waals surface area contributed by atoms with E-state index in [1.165, 1.54) is 30.3 Å². The van der Waals surface area contributed by atoms with Gasteiger partial charge in [0.1, 0.15) is 5.82 Å². The average molecular weight is 367 g/mol. The number of benzene rings is 2. The molecule has 0 saturated heterocycles. The van der Waals surface area contributed by atoms with Crippen molar-refractivity contribution in [1.82, 2.24) is 9.62 Å². The third-order valence-electron chi connectivity index (χ3n) is 3.70. The zero-order valence-electron chi connectivity index (χ0n) is 13.7. The molecule has 134 valence electrons. The maximum atomic E-state index is 13.1. The predicted octanol–water partition coefficient (Wildman–Crippen LogP) is 2.32. The second kappa shape index (κ2) is 7.68. The fraction of sp³-hybridized carbons (Fsp3) is 0.250. The van der Waals surface area contributed by atoms with E-state index >= 15 is 0 Å². The second-order valence-electron chi connectivity index (χ2n) is 5.61. The molecule has 1 N–H and O–H groups in total. The Kier molecular flexibility index (Phi) is 5.83. The predicted molar refractivity (Wildman–Crippen MR) is 91.1 cm³/mol. The molecular weight excluding hydrogens is 349 g/mol. The number of hydrogen-bond acceptors (Lipinski definition) is 5. The molecule has 0 fully saturated rings. The lowest BCUT2D eigenvalue weighted by atomic mass is 10.1. The Hall–Kier alpha value is -2.36. The molecule has 0 aliphatic heterocycles. The quantitative estimate of drug-likeness (QED) is 0.599. The lowest BCUT2D eigenvalue weighted by Gasteiger charge is -2.25. The van der Waals surface area contributed by atoms with E-state index in [0.29, 0.717) is 0 Å². The molecule has 0 amide bonds. The van der Waals surface area contributed by atoms with Crippen molar-refractivity contribution in [2.75, 3.05) is 20.6 Å². The van der Waals surface area contributed by atoms with E-state index in [9.17, 15) is 22.9 Å². The zero-order valence-corrected chi connectivity index (χ0v) is 14.5. The van der Waals surface area contributed by atoms with Crippen LogP contribution >= 0.6 is 0 Å². The van der Waals surface area contributed by atoms with Crippen LogP contribution in [0.2, 0.25) is 0 Å². The Morgan fingerprint density at radius 2 is 1.76 bits per heavy atom. The number of nitrogens with one attached hydrogen (secondary N) is 1. The van der Waals surface area contributed by atoms with Gasteiger partial charge in [0.05, 0.1) is 4.92 Å². The van der Waals surface area contributed by atoms with Gasteiger partial charge in [-0.2, -0.15) is 0 Å². The topological polar surface area (TPSA) is 92.6 Å². The first-order valence-electron chi connectivity index (χ1n) is 7.37. The Labute approximate surface area is 145 Å². The van der Waals surface area contributed by atoms with Crippen LogP contribution in [0.1, 0.15) is 11.6 Å². The van der Waals surface area contributed by atoms with E-state index in [4.69, 9.17) is 0 Å². The molecule has 2 aromatic rings. The van der Waals surface area contributed by atoms with E-state index in [-0.39, 0.29) is 18.4 Å². The molecule has 0 aliphatic rings. The van der Waals surface area contributed by atoms with Gasteiger partial charge in [0.2, 0.25) is 10.0 Å². The summed E-state index contributed by atoms with van der Waals surface area (Å²) < 4.78 is 40.4. The Balaban J connectivity index is 2.25. The molecule has 1 unspecified atom stereocenters. The minimum Gasteiger partial charge on any atom is -0.301 e. The van der Waals surface area contributed by atoms with Crippen molar-refractivity contribution in [3.05, 3.63) is 70.0 Å². The van der Waals surface area contributed by atoms with Crippen molar-refractivity contribution < 1.29 is 17.7 Å². The van der Waals surface area contributed by atoms with Crippen molar-refractivity contribution in [1.29, 1.82) is 0 Å². The number of halogens is 1. The van der Waals surface area contributed by atoms with Crippen LogP contribution in [-0.2, 0) is 10.0 Å². The molecule has 0 radical (unpaired) electrons. The van der Waals surface area contributed by atoms with Crippen molar-refractivity contribution in [2.45, 2.75) is 10.9 Å². The van der Waals surface area contributed by atoms with Crippen LogP contribution in [0.4, 0.5) is 10.1 Å². The van der Waals surface area contributed by atoms with E-state index in [2.05, 4.69) is 4.72 Å². The molecule has 0 aromatic heterocycles. The van der Waals surface area contributed by atoms with Crippen LogP contribution < -0.4 is 4.72 Å². The van der Waals surface area contributed by atoms with Gasteiger partial charge >= 0.3 is 0 Å². The Morgan fingerprint density at radius 3 is 2.32 bits per heavy atom. The normalized spacial score (nSPS) is 13.0. The highest BCUT2D eigenvalue weighted by molar-refractivity contribution is 7.89. The summed E-state index contributed by atoms with van der Waals surface area (Å²) in [5.74, 6) is -0.387.